The summed E-state index contributed by atoms with van der Waals surface area (Å²) in [5.41, 5.74) is 2.69. The molecule has 3 rings (SSSR count). The SMILES string of the molecule is c1ccc2c(c1)CC[n+]1cccnc1-2. The van der Waals surface area contributed by atoms with Gasteiger partial charge in [-0.3, -0.25) is 0 Å². The molecule has 0 bridgehead atoms. The predicted octanol–water partition coefficient (Wildman–Crippen LogP) is 1.59. The monoisotopic (exact) mass is 183 g/mol. The van der Waals surface area contributed by atoms with E-state index < -0.39 is 0 Å². The molecule has 0 spiro atoms. The van der Waals surface area contributed by atoms with Gasteiger partial charge in [0.15, 0.2) is 0 Å². The lowest BCUT2D eigenvalue weighted by Gasteiger charge is -2.13. The molecule has 2 nitrogen and oxygen atoms in total. The molecule has 0 fully saturated rings. The van der Waals surface area contributed by atoms with Gasteiger partial charge in [0.25, 0.3) is 0 Å². The summed E-state index contributed by atoms with van der Waals surface area (Å²) in [4.78, 5) is 4.42. The Balaban J connectivity index is 2.29. The van der Waals surface area contributed by atoms with E-state index in [2.05, 4.69) is 40.0 Å². The molecule has 0 amide bonds. The lowest BCUT2D eigenvalue weighted by atomic mass is 10.0. The minimum atomic E-state index is 1.04. The van der Waals surface area contributed by atoms with Crippen LogP contribution in [0.1, 0.15) is 5.56 Å². The van der Waals surface area contributed by atoms with Crippen molar-refractivity contribution in [3.8, 4) is 11.4 Å². The van der Waals surface area contributed by atoms with Crippen LogP contribution in [0.3, 0.4) is 0 Å². The molecule has 1 aliphatic rings. The summed E-state index contributed by atoms with van der Waals surface area (Å²) in [6.45, 7) is 1.04. The molecular weight excluding hydrogens is 172 g/mol. The predicted molar refractivity (Wildman–Crippen MR) is 53.6 cm³/mol. The van der Waals surface area contributed by atoms with E-state index >= 15 is 0 Å². The van der Waals surface area contributed by atoms with Crippen LogP contribution in [0.25, 0.3) is 11.4 Å². The molecule has 2 heteroatoms. The van der Waals surface area contributed by atoms with Gasteiger partial charge in [-0.25, -0.2) is 4.57 Å². The van der Waals surface area contributed by atoms with Crippen molar-refractivity contribution in [1.82, 2.24) is 4.98 Å². The van der Waals surface area contributed by atoms with E-state index in [1.54, 1.807) is 0 Å². The fourth-order valence-corrected chi connectivity index (χ4v) is 2.00. The van der Waals surface area contributed by atoms with E-state index in [0.717, 1.165) is 18.8 Å². The number of aryl methyl sites for hydroxylation is 2. The number of rotatable bonds is 0. The van der Waals surface area contributed by atoms with Crippen LogP contribution in [-0.2, 0) is 13.0 Å². The first-order valence-corrected chi connectivity index (χ1v) is 4.88. The van der Waals surface area contributed by atoms with Crippen LogP contribution in [0.2, 0.25) is 0 Å². The van der Waals surface area contributed by atoms with Gasteiger partial charge < -0.3 is 0 Å². The molecule has 0 saturated heterocycles. The minimum absolute atomic E-state index is 1.04. The molecule has 0 N–H and O–H groups in total. The van der Waals surface area contributed by atoms with Crippen LogP contribution in [0.5, 0.6) is 0 Å². The fourth-order valence-electron chi connectivity index (χ4n) is 2.00. The van der Waals surface area contributed by atoms with Gasteiger partial charge in [0.2, 0.25) is 0 Å². The highest BCUT2D eigenvalue weighted by Crippen LogP contribution is 2.22. The maximum atomic E-state index is 4.42. The van der Waals surface area contributed by atoms with E-state index in [9.17, 15) is 0 Å². The first kappa shape index (κ1) is 7.68. The summed E-state index contributed by atoms with van der Waals surface area (Å²) >= 11 is 0. The summed E-state index contributed by atoms with van der Waals surface area (Å²) in [5.74, 6) is 1.09. The summed E-state index contributed by atoms with van der Waals surface area (Å²) in [6.07, 6.45) is 5.06. The number of hydrogen-bond donors (Lipinski definition) is 0. The maximum Gasteiger partial charge on any atom is 0.330 e. The molecule has 68 valence electrons. The molecule has 2 heterocycles. The average Bonchev–Trinajstić information content (AvgIpc) is 2.29. The average molecular weight is 183 g/mol. The number of fused-ring (bicyclic) bond motifs is 3. The highest BCUT2D eigenvalue weighted by atomic mass is 15.0. The Morgan fingerprint density at radius 3 is 3.07 bits per heavy atom. The fraction of sp³-hybridized carbons (Fsp3) is 0.167. The van der Waals surface area contributed by atoms with Crippen LogP contribution < -0.4 is 4.57 Å². The molecule has 1 aromatic carbocycles. The standard InChI is InChI=1S/C12H11N2/c1-2-5-11-10(4-1)6-9-14-8-3-7-13-12(11)14/h1-5,7-8H,6,9H2/q+1. The molecule has 1 aromatic heterocycles. The Labute approximate surface area is 82.9 Å². The summed E-state index contributed by atoms with van der Waals surface area (Å²) < 4.78 is 2.21. The van der Waals surface area contributed by atoms with Crippen LogP contribution >= 0.6 is 0 Å². The van der Waals surface area contributed by atoms with Gasteiger partial charge in [-0.1, -0.05) is 18.2 Å². The zero-order chi connectivity index (χ0) is 9.38. The number of hydrogen-bond acceptors (Lipinski definition) is 1. The molecule has 0 saturated carbocycles. The Kier molecular flexibility index (Phi) is 1.60. The molecule has 0 unspecified atom stereocenters. The van der Waals surface area contributed by atoms with Gasteiger partial charge >= 0.3 is 5.82 Å². The molecule has 0 radical (unpaired) electrons. The van der Waals surface area contributed by atoms with E-state index in [1.807, 2.05) is 12.3 Å². The number of benzene rings is 1. The van der Waals surface area contributed by atoms with Gasteiger partial charge in [0, 0.05) is 12.5 Å². The summed E-state index contributed by atoms with van der Waals surface area (Å²) in [6, 6.07) is 10.5. The summed E-state index contributed by atoms with van der Waals surface area (Å²) in [5, 5.41) is 0. The third-order valence-electron chi connectivity index (χ3n) is 2.70. The van der Waals surface area contributed by atoms with Crippen molar-refractivity contribution in [2.75, 3.05) is 0 Å². The maximum absolute atomic E-state index is 4.42. The minimum Gasteiger partial charge on any atom is -0.230 e. The quantitative estimate of drug-likeness (QED) is 0.567. The van der Waals surface area contributed by atoms with Gasteiger partial charge in [-0.05, 0) is 16.6 Å². The van der Waals surface area contributed by atoms with Crippen molar-refractivity contribution in [3.63, 3.8) is 0 Å². The van der Waals surface area contributed by atoms with E-state index in [4.69, 9.17) is 0 Å². The molecule has 14 heavy (non-hydrogen) atoms. The third-order valence-corrected chi connectivity index (χ3v) is 2.70. The molecule has 0 atom stereocenters. The Morgan fingerprint density at radius 1 is 1.14 bits per heavy atom. The largest absolute Gasteiger partial charge is 0.330 e. The third kappa shape index (κ3) is 1.04. The lowest BCUT2D eigenvalue weighted by molar-refractivity contribution is -0.690. The Morgan fingerprint density at radius 2 is 2.07 bits per heavy atom. The smallest absolute Gasteiger partial charge is 0.230 e. The number of aromatic nitrogens is 2. The topological polar surface area (TPSA) is 16.8 Å². The van der Waals surface area contributed by atoms with Crippen molar-refractivity contribution in [2.45, 2.75) is 13.0 Å². The number of nitrogens with zero attached hydrogens (tertiary/aromatic N) is 2. The first-order valence-electron chi connectivity index (χ1n) is 4.88. The van der Waals surface area contributed by atoms with Gasteiger partial charge in [0.1, 0.15) is 6.20 Å². The van der Waals surface area contributed by atoms with Crippen LogP contribution in [0.15, 0.2) is 42.7 Å². The van der Waals surface area contributed by atoms with Crippen LogP contribution in [0.4, 0.5) is 0 Å². The zero-order valence-electron chi connectivity index (χ0n) is 7.85. The van der Waals surface area contributed by atoms with Crippen molar-refractivity contribution in [2.24, 2.45) is 0 Å². The second-order valence-electron chi connectivity index (χ2n) is 3.54. The molecular formula is C12H11N2+. The van der Waals surface area contributed by atoms with E-state index in [0.29, 0.717) is 0 Å². The van der Waals surface area contributed by atoms with Crippen LogP contribution in [0, 0.1) is 0 Å². The Hall–Kier alpha value is -1.70. The summed E-state index contributed by atoms with van der Waals surface area (Å²) in [7, 11) is 0. The van der Waals surface area contributed by atoms with E-state index in [-0.39, 0.29) is 0 Å². The highest BCUT2D eigenvalue weighted by Gasteiger charge is 2.21. The van der Waals surface area contributed by atoms with Crippen molar-refractivity contribution in [1.29, 1.82) is 0 Å². The molecule has 0 aliphatic carbocycles. The van der Waals surface area contributed by atoms with Gasteiger partial charge in [-0.2, -0.15) is 0 Å². The molecule has 2 aromatic rings. The Bertz CT molecular complexity index is 432. The van der Waals surface area contributed by atoms with Crippen molar-refractivity contribution in [3.05, 3.63) is 48.3 Å². The zero-order valence-corrected chi connectivity index (χ0v) is 7.85. The molecule has 1 aliphatic heterocycles. The lowest BCUT2D eigenvalue weighted by Crippen LogP contribution is -2.40. The second-order valence-corrected chi connectivity index (χ2v) is 3.54. The van der Waals surface area contributed by atoms with Crippen molar-refractivity contribution >= 4 is 0 Å². The first-order chi connectivity index (χ1) is 6.95. The second kappa shape index (κ2) is 2.91. The van der Waals surface area contributed by atoms with Crippen LogP contribution in [-0.4, -0.2) is 4.98 Å². The van der Waals surface area contributed by atoms with Gasteiger partial charge in [-0.15, -0.1) is 0 Å². The normalized spacial score (nSPS) is 13.1. The highest BCUT2D eigenvalue weighted by molar-refractivity contribution is 5.58. The van der Waals surface area contributed by atoms with Crippen molar-refractivity contribution < 1.29 is 4.57 Å². The van der Waals surface area contributed by atoms with Gasteiger partial charge in [0.05, 0.1) is 18.3 Å². The van der Waals surface area contributed by atoms with E-state index in [1.165, 1.54) is 11.1 Å².